The van der Waals surface area contributed by atoms with Crippen LogP contribution in [0.25, 0.3) is 0 Å². The van der Waals surface area contributed by atoms with Gasteiger partial charge in [0.2, 0.25) is 10.0 Å². The molecule has 6 nitrogen and oxygen atoms in total. The number of sulfonamides is 1. The molecule has 1 aromatic carbocycles. The second-order valence-corrected chi connectivity index (χ2v) is 7.25. The van der Waals surface area contributed by atoms with Crippen molar-refractivity contribution in [3.05, 3.63) is 48.7 Å². The van der Waals surface area contributed by atoms with Gasteiger partial charge in [-0.05, 0) is 31.0 Å². The van der Waals surface area contributed by atoms with Gasteiger partial charge in [-0.2, -0.15) is 4.31 Å². The summed E-state index contributed by atoms with van der Waals surface area (Å²) in [5.74, 6) is 0.00384. The molecule has 0 spiro atoms. The number of hydrogen-bond donors (Lipinski definition) is 1. The number of aromatic nitrogens is 2. The van der Waals surface area contributed by atoms with E-state index < -0.39 is 15.8 Å². The van der Waals surface area contributed by atoms with E-state index in [-0.39, 0.29) is 10.9 Å². The Labute approximate surface area is 134 Å². The Kier molecular flexibility index (Phi) is 4.53. The molecule has 0 atom stereocenters. The molecule has 3 rings (SSSR count). The van der Waals surface area contributed by atoms with Crippen LogP contribution in [0.3, 0.4) is 0 Å². The number of piperidine rings is 1. The monoisotopic (exact) mass is 336 g/mol. The molecule has 0 amide bonds. The van der Waals surface area contributed by atoms with Gasteiger partial charge in [0.1, 0.15) is 22.9 Å². The molecule has 0 bridgehead atoms. The van der Waals surface area contributed by atoms with Gasteiger partial charge in [0.25, 0.3) is 0 Å². The zero-order valence-electron chi connectivity index (χ0n) is 12.4. The normalized spacial score (nSPS) is 17.1. The quantitative estimate of drug-likeness (QED) is 0.923. The Bertz CT molecular complexity index is 762. The van der Waals surface area contributed by atoms with E-state index in [9.17, 15) is 12.8 Å². The minimum absolute atomic E-state index is 0.136. The first-order chi connectivity index (χ1) is 11.1. The van der Waals surface area contributed by atoms with Crippen LogP contribution in [0.5, 0.6) is 0 Å². The lowest BCUT2D eigenvalue weighted by Gasteiger charge is -2.31. The molecule has 2 heterocycles. The van der Waals surface area contributed by atoms with Gasteiger partial charge < -0.3 is 5.32 Å². The van der Waals surface area contributed by atoms with E-state index in [0.29, 0.717) is 25.9 Å². The van der Waals surface area contributed by atoms with Crippen LogP contribution in [0.4, 0.5) is 10.2 Å². The number of anilines is 1. The maximum atomic E-state index is 13.8. The van der Waals surface area contributed by atoms with E-state index in [2.05, 4.69) is 15.3 Å². The molecule has 0 aliphatic carbocycles. The molecule has 1 fully saturated rings. The lowest BCUT2D eigenvalue weighted by Crippen LogP contribution is -2.42. The molecule has 1 N–H and O–H groups in total. The smallest absolute Gasteiger partial charge is 0.245 e. The fourth-order valence-electron chi connectivity index (χ4n) is 2.62. The first-order valence-electron chi connectivity index (χ1n) is 7.34. The first-order valence-corrected chi connectivity index (χ1v) is 8.78. The Morgan fingerprint density at radius 3 is 2.57 bits per heavy atom. The van der Waals surface area contributed by atoms with Crippen molar-refractivity contribution in [2.45, 2.75) is 23.8 Å². The lowest BCUT2D eigenvalue weighted by molar-refractivity contribution is 0.328. The Balaban J connectivity index is 1.66. The second kappa shape index (κ2) is 6.59. The van der Waals surface area contributed by atoms with Gasteiger partial charge in [-0.1, -0.05) is 12.1 Å². The topological polar surface area (TPSA) is 75.2 Å². The SMILES string of the molecule is O=S(=O)(c1ccccc1F)N1CCC(Nc2ccncn2)CC1. The molecule has 1 saturated heterocycles. The molecule has 23 heavy (non-hydrogen) atoms. The van der Waals surface area contributed by atoms with Gasteiger partial charge in [-0.15, -0.1) is 0 Å². The summed E-state index contributed by atoms with van der Waals surface area (Å²) in [6.45, 7) is 0.693. The highest BCUT2D eigenvalue weighted by Gasteiger charge is 2.31. The summed E-state index contributed by atoms with van der Waals surface area (Å²) < 4.78 is 40.1. The van der Waals surface area contributed by atoms with E-state index in [1.165, 1.54) is 28.8 Å². The summed E-state index contributed by atoms with van der Waals surface area (Å²) >= 11 is 0. The molecular formula is C15H17FN4O2S. The van der Waals surface area contributed by atoms with Gasteiger partial charge >= 0.3 is 0 Å². The fourth-order valence-corrected chi connectivity index (χ4v) is 4.15. The van der Waals surface area contributed by atoms with Gasteiger partial charge in [0.05, 0.1) is 0 Å². The van der Waals surface area contributed by atoms with Crippen LogP contribution in [0.2, 0.25) is 0 Å². The number of hydrogen-bond acceptors (Lipinski definition) is 5. The Morgan fingerprint density at radius 1 is 1.17 bits per heavy atom. The highest BCUT2D eigenvalue weighted by molar-refractivity contribution is 7.89. The summed E-state index contributed by atoms with van der Waals surface area (Å²) in [6, 6.07) is 7.37. The summed E-state index contributed by atoms with van der Waals surface area (Å²) in [4.78, 5) is 7.68. The molecule has 0 unspecified atom stereocenters. The van der Waals surface area contributed by atoms with Crippen molar-refractivity contribution in [1.82, 2.24) is 14.3 Å². The van der Waals surface area contributed by atoms with E-state index in [1.807, 2.05) is 0 Å². The van der Waals surface area contributed by atoms with Crippen LogP contribution in [0.1, 0.15) is 12.8 Å². The van der Waals surface area contributed by atoms with Crippen molar-refractivity contribution in [3.63, 3.8) is 0 Å². The third-order valence-corrected chi connectivity index (χ3v) is 5.77. The van der Waals surface area contributed by atoms with Crippen molar-refractivity contribution in [2.75, 3.05) is 18.4 Å². The van der Waals surface area contributed by atoms with Crippen LogP contribution in [0.15, 0.2) is 47.8 Å². The van der Waals surface area contributed by atoms with Crippen molar-refractivity contribution >= 4 is 15.8 Å². The minimum atomic E-state index is -3.78. The average molecular weight is 336 g/mol. The van der Waals surface area contributed by atoms with Crippen LogP contribution in [-0.2, 0) is 10.0 Å². The molecule has 1 aliphatic rings. The summed E-state index contributed by atoms with van der Waals surface area (Å²) in [6.07, 6.45) is 4.38. The van der Waals surface area contributed by atoms with Crippen molar-refractivity contribution < 1.29 is 12.8 Å². The van der Waals surface area contributed by atoms with E-state index in [0.717, 1.165) is 11.9 Å². The molecule has 0 saturated carbocycles. The lowest BCUT2D eigenvalue weighted by atomic mass is 10.1. The highest BCUT2D eigenvalue weighted by Crippen LogP contribution is 2.23. The first kappa shape index (κ1) is 15.8. The van der Waals surface area contributed by atoms with Gasteiger partial charge in [0.15, 0.2) is 0 Å². The van der Waals surface area contributed by atoms with Crippen LogP contribution < -0.4 is 5.32 Å². The second-order valence-electron chi connectivity index (χ2n) is 5.35. The number of nitrogens with zero attached hydrogens (tertiary/aromatic N) is 3. The molecular weight excluding hydrogens is 319 g/mol. The summed E-state index contributed by atoms with van der Waals surface area (Å²) in [7, 11) is -3.78. The highest BCUT2D eigenvalue weighted by atomic mass is 32.2. The third-order valence-electron chi connectivity index (χ3n) is 3.84. The maximum absolute atomic E-state index is 13.8. The van der Waals surface area contributed by atoms with Gasteiger partial charge in [-0.25, -0.2) is 22.8 Å². The minimum Gasteiger partial charge on any atom is -0.367 e. The third kappa shape index (κ3) is 3.48. The Hall–Kier alpha value is -2.06. The summed E-state index contributed by atoms with van der Waals surface area (Å²) in [5.41, 5.74) is 0. The van der Waals surface area contributed by atoms with Crippen LogP contribution >= 0.6 is 0 Å². The number of benzene rings is 1. The fraction of sp³-hybridized carbons (Fsp3) is 0.333. The van der Waals surface area contributed by atoms with Gasteiger partial charge in [0, 0.05) is 25.3 Å². The summed E-state index contributed by atoms with van der Waals surface area (Å²) in [5, 5.41) is 3.26. The van der Waals surface area contributed by atoms with E-state index >= 15 is 0 Å². The molecule has 122 valence electrons. The van der Waals surface area contributed by atoms with Crippen LogP contribution in [-0.4, -0.2) is 41.8 Å². The zero-order chi connectivity index (χ0) is 16.3. The van der Waals surface area contributed by atoms with Crippen LogP contribution in [0, 0.1) is 5.82 Å². The molecule has 2 aromatic rings. The average Bonchev–Trinajstić information content (AvgIpc) is 2.56. The molecule has 0 radical (unpaired) electrons. The predicted molar refractivity (Wildman–Crippen MR) is 83.8 cm³/mol. The standard InChI is InChI=1S/C15H17FN4O2S/c16-13-3-1-2-4-14(13)23(21,22)20-9-6-12(7-10-20)19-15-5-8-17-11-18-15/h1-5,8,11-12H,6-7,9-10H2,(H,17,18,19). The zero-order valence-corrected chi connectivity index (χ0v) is 13.2. The van der Waals surface area contributed by atoms with Crippen molar-refractivity contribution in [1.29, 1.82) is 0 Å². The number of rotatable bonds is 4. The largest absolute Gasteiger partial charge is 0.367 e. The van der Waals surface area contributed by atoms with E-state index in [1.54, 1.807) is 12.3 Å². The Morgan fingerprint density at radius 2 is 1.91 bits per heavy atom. The molecule has 8 heteroatoms. The van der Waals surface area contributed by atoms with Crippen molar-refractivity contribution in [3.8, 4) is 0 Å². The number of nitrogens with one attached hydrogen (secondary N) is 1. The number of halogens is 1. The van der Waals surface area contributed by atoms with E-state index in [4.69, 9.17) is 0 Å². The molecule has 1 aliphatic heterocycles. The molecule has 1 aromatic heterocycles. The van der Waals surface area contributed by atoms with Crippen molar-refractivity contribution in [2.24, 2.45) is 0 Å². The maximum Gasteiger partial charge on any atom is 0.245 e. The van der Waals surface area contributed by atoms with Gasteiger partial charge in [-0.3, -0.25) is 0 Å². The predicted octanol–water partition coefficient (Wildman–Crippen LogP) is 1.88.